The maximum atomic E-state index is 5.94. The van der Waals surface area contributed by atoms with E-state index in [0.717, 1.165) is 32.3 Å². The van der Waals surface area contributed by atoms with Gasteiger partial charge in [-0.05, 0) is 42.5 Å². The molecule has 138 valence electrons. The van der Waals surface area contributed by atoms with E-state index in [9.17, 15) is 0 Å². The number of hydrogen-bond donors (Lipinski definition) is 2. The number of hydrogen-bond acceptors (Lipinski definition) is 4. The summed E-state index contributed by atoms with van der Waals surface area (Å²) in [7, 11) is 0. The number of anilines is 2. The molecule has 2 nitrogen and oxygen atoms in total. The SMILES string of the molecule is Nc1ccccc1SCC#Cc1cccc(C#CCSc2ccccc2N)c1. The van der Waals surface area contributed by atoms with Gasteiger partial charge in [0.25, 0.3) is 0 Å². The van der Waals surface area contributed by atoms with Gasteiger partial charge in [0.05, 0.1) is 11.5 Å². The van der Waals surface area contributed by atoms with Crippen molar-refractivity contribution in [2.24, 2.45) is 0 Å². The number of benzene rings is 3. The minimum absolute atomic E-state index is 0.694. The molecular formula is C24H20N2S2. The molecule has 0 fully saturated rings. The van der Waals surface area contributed by atoms with Crippen molar-refractivity contribution in [2.45, 2.75) is 9.79 Å². The fraction of sp³-hybridized carbons (Fsp3) is 0.0833. The van der Waals surface area contributed by atoms with Crippen LogP contribution in [0.25, 0.3) is 0 Å². The molecule has 0 unspecified atom stereocenters. The first kappa shape index (κ1) is 19.8. The lowest BCUT2D eigenvalue weighted by atomic mass is 10.1. The molecule has 0 amide bonds. The zero-order valence-corrected chi connectivity index (χ0v) is 16.9. The van der Waals surface area contributed by atoms with Crippen LogP contribution in [0.4, 0.5) is 11.4 Å². The summed E-state index contributed by atoms with van der Waals surface area (Å²) in [6, 6.07) is 23.7. The molecule has 0 spiro atoms. The van der Waals surface area contributed by atoms with Crippen LogP contribution in [0.15, 0.2) is 82.6 Å². The Morgan fingerprint density at radius 3 is 1.54 bits per heavy atom. The second-order valence-corrected chi connectivity index (χ2v) is 7.87. The molecule has 4 N–H and O–H groups in total. The first-order valence-electron chi connectivity index (χ1n) is 8.75. The largest absolute Gasteiger partial charge is 0.398 e. The zero-order chi connectivity index (χ0) is 19.6. The highest BCUT2D eigenvalue weighted by Crippen LogP contribution is 2.24. The summed E-state index contributed by atoms with van der Waals surface area (Å²) in [5, 5.41) is 0. The summed E-state index contributed by atoms with van der Waals surface area (Å²) in [6.07, 6.45) is 0. The number of nitrogens with two attached hydrogens (primary N) is 2. The van der Waals surface area contributed by atoms with E-state index in [1.54, 1.807) is 23.5 Å². The second-order valence-electron chi connectivity index (χ2n) is 5.84. The standard InChI is InChI=1S/C24H20N2S2/c25-21-12-1-3-14-23(21)27-16-6-10-19-8-5-9-20(18-19)11-7-17-28-24-15-4-2-13-22(24)26/h1-5,8-9,12-15,18H,16-17,25-26H2. The first-order valence-corrected chi connectivity index (χ1v) is 10.7. The van der Waals surface area contributed by atoms with Crippen molar-refractivity contribution in [2.75, 3.05) is 23.0 Å². The van der Waals surface area contributed by atoms with Crippen LogP contribution in [0.5, 0.6) is 0 Å². The van der Waals surface area contributed by atoms with E-state index in [-0.39, 0.29) is 0 Å². The van der Waals surface area contributed by atoms with Crippen molar-refractivity contribution in [1.82, 2.24) is 0 Å². The fourth-order valence-electron chi connectivity index (χ4n) is 2.40. The van der Waals surface area contributed by atoms with Gasteiger partial charge in [-0.1, -0.05) is 54.0 Å². The summed E-state index contributed by atoms with van der Waals surface area (Å²) in [5.74, 6) is 14.2. The molecule has 0 aromatic heterocycles. The van der Waals surface area contributed by atoms with Crippen LogP contribution in [0.1, 0.15) is 11.1 Å². The van der Waals surface area contributed by atoms with Gasteiger partial charge in [0.1, 0.15) is 0 Å². The lowest BCUT2D eigenvalue weighted by Crippen LogP contribution is -1.87. The van der Waals surface area contributed by atoms with Gasteiger partial charge in [-0.3, -0.25) is 0 Å². The summed E-state index contributed by atoms with van der Waals surface area (Å²) < 4.78 is 0. The van der Waals surface area contributed by atoms with Crippen LogP contribution in [0.3, 0.4) is 0 Å². The lowest BCUT2D eigenvalue weighted by molar-refractivity contribution is 1.46. The van der Waals surface area contributed by atoms with Crippen molar-refractivity contribution >= 4 is 34.9 Å². The van der Waals surface area contributed by atoms with Gasteiger partial charge in [0.15, 0.2) is 0 Å². The predicted molar refractivity (Wildman–Crippen MR) is 123 cm³/mol. The summed E-state index contributed by atoms with van der Waals surface area (Å²) in [4.78, 5) is 2.13. The molecule has 0 atom stereocenters. The monoisotopic (exact) mass is 400 g/mol. The molecule has 0 saturated carbocycles. The molecule has 28 heavy (non-hydrogen) atoms. The Labute approximate surface area is 175 Å². The van der Waals surface area contributed by atoms with Crippen LogP contribution in [0.2, 0.25) is 0 Å². The summed E-state index contributed by atoms with van der Waals surface area (Å²) in [6.45, 7) is 0. The molecule has 0 bridgehead atoms. The molecule has 4 heteroatoms. The summed E-state index contributed by atoms with van der Waals surface area (Å²) in [5.41, 5.74) is 15.4. The Bertz CT molecular complexity index is 986. The average molecular weight is 401 g/mol. The van der Waals surface area contributed by atoms with E-state index in [2.05, 4.69) is 23.7 Å². The molecule has 0 heterocycles. The highest BCUT2D eigenvalue weighted by atomic mass is 32.2. The molecule has 0 saturated heterocycles. The van der Waals surface area contributed by atoms with Crippen molar-refractivity contribution in [3.63, 3.8) is 0 Å². The molecule has 0 radical (unpaired) electrons. The van der Waals surface area contributed by atoms with Crippen LogP contribution in [-0.4, -0.2) is 11.5 Å². The fourth-order valence-corrected chi connectivity index (χ4v) is 3.82. The van der Waals surface area contributed by atoms with E-state index in [1.807, 2.05) is 72.8 Å². The first-order chi connectivity index (χ1) is 13.7. The maximum Gasteiger partial charge on any atom is 0.0599 e. The van der Waals surface area contributed by atoms with Gasteiger partial charge >= 0.3 is 0 Å². The quantitative estimate of drug-likeness (QED) is 0.362. The zero-order valence-electron chi connectivity index (χ0n) is 15.3. The number of rotatable bonds is 4. The third-order valence-electron chi connectivity index (χ3n) is 3.77. The van der Waals surface area contributed by atoms with Gasteiger partial charge in [0, 0.05) is 32.3 Å². The van der Waals surface area contributed by atoms with Crippen LogP contribution in [0, 0.1) is 23.7 Å². The van der Waals surface area contributed by atoms with Crippen molar-refractivity contribution in [1.29, 1.82) is 0 Å². The third kappa shape index (κ3) is 6.06. The van der Waals surface area contributed by atoms with Gasteiger partial charge in [-0.25, -0.2) is 0 Å². The third-order valence-corrected chi connectivity index (χ3v) is 5.71. The Morgan fingerprint density at radius 2 is 1.07 bits per heavy atom. The number of nitrogen functional groups attached to an aromatic ring is 2. The van der Waals surface area contributed by atoms with Crippen molar-refractivity contribution < 1.29 is 0 Å². The van der Waals surface area contributed by atoms with E-state index >= 15 is 0 Å². The molecule has 3 rings (SSSR count). The number of para-hydroxylation sites is 2. The maximum absolute atomic E-state index is 5.94. The van der Waals surface area contributed by atoms with E-state index in [0.29, 0.717) is 11.5 Å². The van der Waals surface area contributed by atoms with Gasteiger partial charge < -0.3 is 11.5 Å². The minimum Gasteiger partial charge on any atom is -0.398 e. The molecule has 3 aromatic carbocycles. The molecule has 3 aromatic rings. The Balaban J connectivity index is 1.55. The minimum atomic E-state index is 0.694. The van der Waals surface area contributed by atoms with E-state index in [4.69, 9.17) is 11.5 Å². The van der Waals surface area contributed by atoms with Crippen LogP contribution in [-0.2, 0) is 0 Å². The van der Waals surface area contributed by atoms with Gasteiger partial charge in [-0.2, -0.15) is 0 Å². The normalized spacial score (nSPS) is 9.71. The molecular weight excluding hydrogens is 380 g/mol. The van der Waals surface area contributed by atoms with E-state index < -0.39 is 0 Å². The van der Waals surface area contributed by atoms with Crippen molar-refractivity contribution in [3.05, 3.63) is 83.9 Å². The highest BCUT2D eigenvalue weighted by Gasteiger charge is 1.97. The molecule has 0 aliphatic rings. The number of thioether (sulfide) groups is 2. The van der Waals surface area contributed by atoms with Crippen molar-refractivity contribution in [3.8, 4) is 23.7 Å². The lowest BCUT2D eigenvalue weighted by Gasteiger charge is -2.01. The highest BCUT2D eigenvalue weighted by molar-refractivity contribution is 7.99. The summed E-state index contributed by atoms with van der Waals surface area (Å²) >= 11 is 3.29. The second kappa shape index (κ2) is 10.4. The smallest absolute Gasteiger partial charge is 0.0599 e. The Kier molecular flexibility index (Phi) is 7.38. The van der Waals surface area contributed by atoms with E-state index in [1.165, 1.54) is 0 Å². The van der Waals surface area contributed by atoms with Crippen LogP contribution < -0.4 is 11.5 Å². The average Bonchev–Trinajstić information content (AvgIpc) is 2.71. The Morgan fingerprint density at radius 1 is 0.607 bits per heavy atom. The molecule has 0 aliphatic carbocycles. The van der Waals surface area contributed by atoms with Gasteiger partial charge in [-0.15, -0.1) is 23.5 Å². The van der Waals surface area contributed by atoms with Gasteiger partial charge in [0.2, 0.25) is 0 Å². The predicted octanol–water partition coefficient (Wildman–Crippen LogP) is 5.14. The topological polar surface area (TPSA) is 52.0 Å². The molecule has 0 aliphatic heterocycles. The van der Waals surface area contributed by atoms with Crippen LogP contribution >= 0.6 is 23.5 Å². The Hall–Kier alpha value is -2.92.